The fraction of sp³-hybridized carbons (Fsp3) is 0.238. The Labute approximate surface area is 164 Å². The Morgan fingerprint density at radius 3 is 2.23 bits per heavy atom. The van der Waals surface area contributed by atoms with Gasteiger partial charge in [0.2, 0.25) is 0 Å². The number of hydrogen-bond acceptors (Lipinski definition) is 4. The highest BCUT2D eigenvalue weighted by Gasteiger charge is 2.14. The highest BCUT2D eigenvalue weighted by molar-refractivity contribution is 7.13. The van der Waals surface area contributed by atoms with Crippen LogP contribution in [0.25, 0.3) is 10.4 Å². The Balaban J connectivity index is 0.00000196. The zero-order chi connectivity index (χ0) is 16.9. The topological polar surface area (TPSA) is 30.5 Å². The molecular weight excluding hydrogens is 366 g/mol. The maximum atomic E-state index is 5.92. The minimum Gasteiger partial charge on any atom is -0.492 e. The minimum atomic E-state index is 0. The Kier molecular flexibility index (Phi) is 6.56. The van der Waals surface area contributed by atoms with E-state index in [0.717, 1.165) is 30.4 Å². The summed E-state index contributed by atoms with van der Waals surface area (Å²) in [6, 6.07) is 20.7. The normalized spacial score (nSPS) is 16.1. The molecule has 1 saturated heterocycles. The largest absolute Gasteiger partial charge is 0.492 e. The van der Waals surface area contributed by atoms with Crippen molar-refractivity contribution in [2.75, 3.05) is 13.2 Å². The first kappa shape index (κ1) is 18.8. The lowest BCUT2D eigenvalue weighted by Crippen LogP contribution is -2.28. The van der Waals surface area contributed by atoms with Crippen LogP contribution in [-0.4, -0.2) is 19.2 Å². The van der Waals surface area contributed by atoms with Crippen molar-refractivity contribution in [3.8, 4) is 27.7 Å². The number of thiophene rings is 1. The number of benzene rings is 2. The molecule has 0 bridgehead atoms. The second-order valence-corrected chi connectivity index (χ2v) is 7.13. The number of ether oxygens (including phenoxy) is 2. The average Bonchev–Trinajstić information content (AvgIpc) is 3.36. The van der Waals surface area contributed by atoms with Gasteiger partial charge in [-0.3, -0.25) is 0 Å². The summed E-state index contributed by atoms with van der Waals surface area (Å²) in [6.07, 6.45) is 2.44. The molecule has 0 unspecified atom stereocenters. The van der Waals surface area contributed by atoms with Crippen LogP contribution in [0.2, 0.25) is 0 Å². The molecule has 3 nitrogen and oxygen atoms in total. The van der Waals surface area contributed by atoms with Crippen molar-refractivity contribution in [3.63, 3.8) is 0 Å². The van der Waals surface area contributed by atoms with Crippen molar-refractivity contribution in [1.29, 1.82) is 0 Å². The monoisotopic (exact) mass is 387 g/mol. The summed E-state index contributed by atoms with van der Waals surface area (Å²) in [6.45, 7) is 1.83. The fourth-order valence-corrected chi connectivity index (χ4v) is 3.70. The second kappa shape index (κ2) is 9.08. The summed E-state index contributed by atoms with van der Waals surface area (Å²) in [5.41, 5.74) is 1.21. The molecule has 0 saturated carbocycles. The molecule has 4 rings (SSSR count). The Morgan fingerprint density at radius 2 is 1.62 bits per heavy atom. The molecule has 1 atom stereocenters. The van der Waals surface area contributed by atoms with E-state index in [1.54, 1.807) is 11.3 Å². The van der Waals surface area contributed by atoms with Gasteiger partial charge in [-0.15, -0.1) is 23.7 Å². The first-order valence-corrected chi connectivity index (χ1v) is 9.53. The molecule has 2 aromatic carbocycles. The van der Waals surface area contributed by atoms with Crippen LogP contribution in [0.3, 0.4) is 0 Å². The van der Waals surface area contributed by atoms with Crippen LogP contribution in [0.1, 0.15) is 12.8 Å². The van der Waals surface area contributed by atoms with Gasteiger partial charge in [-0.25, -0.2) is 0 Å². The van der Waals surface area contributed by atoms with E-state index >= 15 is 0 Å². The smallest absolute Gasteiger partial charge is 0.127 e. The molecule has 1 aliphatic heterocycles. The van der Waals surface area contributed by atoms with E-state index < -0.39 is 0 Å². The SMILES string of the molecule is Cl.c1csc(-c2ccc(Oc3ccc(OC[C@H]4CCCN4)cc3)cc2)c1. The van der Waals surface area contributed by atoms with Crippen molar-refractivity contribution >= 4 is 23.7 Å². The molecule has 1 aliphatic rings. The average molecular weight is 388 g/mol. The van der Waals surface area contributed by atoms with Gasteiger partial charge >= 0.3 is 0 Å². The molecule has 0 amide bonds. The van der Waals surface area contributed by atoms with Gasteiger partial charge < -0.3 is 14.8 Å². The van der Waals surface area contributed by atoms with Gasteiger partial charge in [-0.2, -0.15) is 0 Å². The van der Waals surface area contributed by atoms with E-state index in [9.17, 15) is 0 Å². The van der Waals surface area contributed by atoms with Crippen LogP contribution < -0.4 is 14.8 Å². The van der Waals surface area contributed by atoms with E-state index in [1.165, 1.54) is 23.3 Å². The standard InChI is InChI=1S/C21H21NO2S.ClH/c1-3-17(22-13-1)15-23-18-9-11-20(12-10-18)24-19-7-5-16(6-8-19)21-4-2-14-25-21;/h2,4-12,14,17,22H,1,3,13,15H2;1H/t17-;/m1./s1. The maximum Gasteiger partial charge on any atom is 0.127 e. The van der Waals surface area contributed by atoms with Crippen LogP contribution >= 0.6 is 23.7 Å². The summed E-state index contributed by atoms with van der Waals surface area (Å²) < 4.78 is 11.8. The van der Waals surface area contributed by atoms with Crippen molar-refractivity contribution in [3.05, 3.63) is 66.0 Å². The summed E-state index contributed by atoms with van der Waals surface area (Å²) in [5, 5.41) is 5.53. The predicted molar refractivity (Wildman–Crippen MR) is 110 cm³/mol. The molecule has 1 fully saturated rings. The number of hydrogen-bond donors (Lipinski definition) is 1. The first-order chi connectivity index (χ1) is 12.4. The van der Waals surface area contributed by atoms with Gasteiger partial charge in [0.05, 0.1) is 0 Å². The molecule has 0 radical (unpaired) electrons. The predicted octanol–water partition coefficient (Wildman–Crippen LogP) is 5.76. The molecule has 136 valence electrons. The maximum absolute atomic E-state index is 5.92. The van der Waals surface area contributed by atoms with E-state index in [1.807, 2.05) is 36.4 Å². The van der Waals surface area contributed by atoms with E-state index in [0.29, 0.717) is 6.04 Å². The molecule has 0 aliphatic carbocycles. The molecule has 1 aromatic heterocycles. The zero-order valence-electron chi connectivity index (χ0n) is 14.4. The van der Waals surface area contributed by atoms with E-state index in [-0.39, 0.29) is 12.4 Å². The third-order valence-corrected chi connectivity index (χ3v) is 5.25. The zero-order valence-corrected chi connectivity index (χ0v) is 16.0. The van der Waals surface area contributed by atoms with Gasteiger partial charge in [-0.05, 0) is 84.9 Å². The Hall–Kier alpha value is -2.01. The molecule has 2 heterocycles. The van der Waals surface area contributed by atoms with Crippen molar-refractivity contribution < 1.29 is 9.47 Å². The highest BCUT2D eigenvalue weighted by atomic mass is 35.5. The lowest BCUT2D eigenvalue weighted by Gasteiger charge is -2.12. The van der Waals surface area contributed by atoms with Gasteiger partial charge in [0.1, 0.15) is 23.9 Å². The second-order valence-electron chi connectivity index (χ2n) is 6.18. The summed E-state index contributed by atoms with van der Waals surface area (Å²) in [4.78, 5) is 1.27. The van der Waals surface area contributed by atoms with Crippen LogP contribution in [0.5, 0.6) is 17.2 Å². The quantitative estimate of drug-likeness (QED) is 0.583. The van der Waals surface area contributed by atoms with Crippen molar-refractivity contribution in [1.82, 2.24) is 5.32 Å². The Bertz CT molecular complexity index is 782. The summed E-state index contributed by atoms with van der Waals surface area (Å²) >= 11 is 1.74. The van der Waals surface area contributed by atoms with Crippen molar-refractivity contribution in [2.24, 2.45) is 0 Å². The molecule has 1 N–H and O–H groups in total. The molecule has 3 aromatic rings. The Morgan fingerprint density at radius 1 is 0.923 bits per heavy atom. The third kappa shape index (κ3) is 4.79. The van der Waals surface area contributed by atoms with E-state index in [2.05, 4.69) is 35.0 Å². The van der Waals surface area contributed by atoms with Crippen LogP contribution in [0, 0.1) is 0 Å². The van der Waals surface area contributed by atoms with Crippen LogP contribution in [-0.2, 0) is 0 Å². The van der Waals surface area contributed by atoms with Crippen LogP contribution in [0.15, 0.2) is 66.0 Å². The highest BCUT2D eigenvalue weighted by Crippen LogP contribution is 2.29. The van der Waals surface area contributed by atoms with Gasteiger partial charge in [0.15, 0.2) is 0 Å². The minimum absolute atomic E-state index is 0. The number of halogens is 1. The molecule has 5 heteroatoms. The molecular formula is C21H22ClNO2S. The number of nitrogens with one attached hydrogen (secondary N) is 1. The summed E-state index contributed by atoms with van der Waals surface area (Å²) in [5.74, 6) is 2.54. The van der Waals surface area contributed by atoms with E-state index in [4.69, 9.17) is 9.47 Å². The lowest BCUT2D eigenvalue weighted by molar-refractivity contribution is 0.277. The molecule has 26 heavy (non-hydrogen) atoms. The van der Waals surface area contributed by atoms with Gasteiger partial charge in [0, 0.05) is 10.9 Å². The summed E-state index contributed by atoms with van der Waals surface area (Å²) in [7, 11) is 0. The van der Waals surface area contributed by atoms with Gasteiger partial charge in [-0.1, -0.05) is 6.07 Å². The van der Waals surface area contributed by atoms with Crippen LogP contribution in [0.4, 0.5) is 0 Å². The lowest BCUT2D eigenvalue weighted by atomic mass is 10.2. The fourth-order valence-electron chi connectivity index (χ4n) is 2.97. The number of rotatable bonds is 6. The van der Waals surface area contributed by atoms with Gasteiger partial charge in [0.25, 0.3) is 0 Å². The van der Waals surface area contributed by atoms with Crippen molar-refractivity contribution in [2.45, 2.75) is 18.9 Å². The third-order valence-electron chi connectivity index (χ3n) is 4.33. The molecule has 0 spiro atoms. The first-order valence-electron chi connectivity index (χ1n) is 8.65.